The van der Waals surface area contributed by atoms with Gasteiger partial charge in [-0.3, -0.25) is 9.58 Å². The quantitative estimate of drug-likeness (QED) is 0.832. The Kier molecular flexibility index (Phi) is 5.50. The third-order valence-electron chi connectivity index (χ3n) is 5.35. The molecule has 1 saturated carbocycles. The first-order valence-corrected chi connectivity index (χ1v) is 8.82. The van der Waals surface area contributed by atoms with Crippen molar-refractivity contribution in [3.63, 3.8) is 0 Å². The molecule has 1 aromatic heterocycles. The van der Waals surface area contributed by atoms with Crippen LogP contribution >= 0.6 is 0 Å². The number of hydrogen-bond donors (Lipinski definition) is 1. The molecule has 3 rings (SSSR count). The molecule has 1 N–H and O–H groups in total. The average Bonchev–Trinajstić information content (AvgIpc) is 3.27. The number of likely N-dealkylation sites (tertiary alicyclic amines) is 1. The van der Waals surface area contributed by atoms with Gasteiger partial charge >= 0.3 is 0 Å². The third kappa shape index (κ3) is 3.53. The van der Waals surface area contributed by atoms with Crippen LogP contribution in [0.3, 0.4) is 0 Å². The number of nitrogens with zero attached hydrogens (tertiary/aromatic N) is 3. The second-order valence-corrected chi connectivity index (χ2v) is 6.59. The molecule has 0 spiro atoms. The normalized spacial score (nSPS) is 29.5. The van der Waals surface area contributed by atoms with Crippen LogP contribution in [0, 0.1) is 0 Å². The van der Waals surface area contributed by atoms with E-state index in [0.29, 0.717) is 18.2 Å². The molecule has 2 fully saturated rings. The summed E-state index contributed by atoms with van der Waals surface area (Å²) in [5.74, 6) is 0. The Bertz CT molecular complexity index is 461. The Morgan fingerprint density at radius 3 is 3.05 bits per heavy atom. The van der Waals surface area contributed by atoms with Crippen molar-refractivity contribution in [1.29, 1.82) is 0 Å². The molecule has 0 amide bonds. The van der Waals surface area contributed by atoms with Crippen LogP contribution in [0.15, 0.2) is 12.3 Å². The first-order chi connectivity index (χ1) is 10.8. The number of rotatable bonds is 7. The van der Waals surface area contributed by atoms with E-state index in [1.807, 2.05) is 13.3 Å². The lowest BCUT2D eigenvalue weighted by atomic mass is 10.1. The van der Waals surface area contributed by atoms with Crippen LogP contribution in [0.2, 0.25) is 0 Å². The molecule has 1 aliphatic carbocycles. The molecule has 1 aromatic rings. The van der Waals surface area contributed by atoms with Crippen molar-refractivity contribution < 1.29 is 4.74 Å². The summed E-state index contributed by atoms with van der Waals surface area (Å²) in [6.07, 6.45) is 8.61. The van der Waals surface area contributed by atoms with Gasteiger partial charge in [0.2, 0.25) is 0 Å². The summed E-state index contributed by atoms with van der Waals surface area (Å²) < 4.78 is 7.61. The first-order valence-electron chi connectivity index (χ1n) is 8.82. The predicted molar refractivity (Wildman–Crippen MR) is 88.0 cm³/mol. The van der Waals surface area contributed by atoms with E-state index in [-0.39, 0.29) is 0 Å². The van der Waals surface area contributed by atoms with E-state index >= 15 is 0 Å². The van der Waals surface area contributed by atoms with Crippen molar-refractivity contribution in [2.45, 2.75) is 63.8 Å². The Labute approximate surface area is 134 Å². The van der Waals surface area contributed by atoms with Gasteiger partial charge in [0.15, 0.2) is 0 Å². The monoisotopic (exact) mass is 306 g/mol. The molecular weight excluding hydrogens is 276 g/mol. The summed E-state index contributed by atoms with van der Waals surface area (Å²) in [5.41, 5.74) is 1.34. The molecule has 5 nitrogen and oxygen atoms in total. The SMILES string of the molecule is CCn1nccc1CCN[C@@H]1CCC[C@@H]1N1CCC(OC)C1. The topological polar surface area (TPSA) is 42.3 Å². The van der Waals surface area contributed by atoms with E-state index in [9.17, 15) is 0 Å². The molecule has 22 heavy (non-hydrogen) atoms. The molecule has 0 aromatic carbocycles. The highest BCUT2D eigenvalue weighted by Crippen LogP contribution is 2.27. The summed E-state index contributed by atoms with van der Waals surface area (Å²) in [7, 11) is 1.84. The van der Waals surface area contributed by atoms with Gasteiger partial charge in [-0.15, -0.1) is 0 Å². The Hall–Kier alpha value is -0.910. The summed E-state index contributed by atoms with van der Waals surface area (Å²) in [6, 6.07) is 3.49. The Balaban J connectivity index is 1.47. The molecule has 3 atom stereocenters. The predicted octanol–water partition coefficient (Wildman–Crippen LogP) is 1.68. The van der Waals surface area contributed by atoms with E-state index in [4.69, 9.17) is 4.74 Å². The van der Waals surface area contributed by atoms with Gasteiger partial charge in [0.25, 0.3) is 0 Å². The number of hydrogen-bond acceptors (Lipinski definition) is 4. The zero-order chi connectivity index (χ0) is 15.4. The maximum Gasteiger partial charge on any atom is 0.0710 e. The number of methoxy groups -OCH3 is 1. The molecule has 2 heterocycles. The fraction of sp³-hybridized carbons (Fsp3) is 0.824. The molecule has 0 bridgehead atoms. The van der Waals surface area contributed by atoms with Crippen LogP contribution in [0.25, 0.3) is 0 Å². The highest BCUT2D eigenvalue weighted by Gasteiger charge is 2.35. The van der Waals surface area contributed by atoms with Crippen LogP contribution in [-0.2, 0) is 17.7 Å². The summed E-state index contributed by atoms with van der Waals surface area (Å²) >= 11 is 0. The van der Waals surface area contributed by atoms with Crippen molar-refractivity contribution in [2.24, 2.45) is 0 Å². The van der Waals surface area contributed by atoms with E-state index < -0.39 is 0 Å². The van der Waals surface area contributed by atoms with Gasteiger partial charge in [-0.2, -0.15) is 5.10 Å². The van der Waals surface area contributed by atoms with Crippen molar-refractivity contribution in [3.8, 4) is 0 Å². The van der Waals surface area contributed by atoms with Gasteiger partial charge in [0, 0.05) is 63.7 Å². The van der Waals surface area contributed by atoms with Gasteiger partial charge < -0.3 is 10.1 Å². The smallest absolute Gasteiger partial charge is 0.0710 e. The minimum Gasteiger partial charge on any atom is -0.380 e. The van der Waals surface area contributed by atoms with Crippen LogP contribution in [0.4, 0.5) is 0 Å². The second-order valence-electron chi connectivity index (χ2n) is 6.59. The van der Waals surface area contributed by atoms with E-state index in [0.717, 1.165) is 26.1 Å². The van der Waals surface area contributed by atoms with Crippen LogP contribution < -0.4 is 5.32 Å². The van der Waals surface area contributed by atoms with Crippen molar-refractivity contribution in [2.75, 3.05) is 26.7 Å². The maximum atomic E-state index is 5.52. The summed E-state index contributed by atoms with van der Waals surface area (Å²) in [4.78, 5) is 2.65. The fourth-order valence-corrected chi connectivity index (χ4v) is 4.11. The number of ether oxygens (including phenoxy) is 1. The lowest BCUT2D eigenvalue weighted by molar-refractivity contribution is 0.0981. The molecule has 0 radical (unpaired) electrons. The van der Waals surface area contributed by atoms with E-state index in [1.165, 1.54) is 37.9 Å². The molecule has 5 heteroatoms. The molecule has 1 aliphatic heterocycles. The lowest BCUT2D eigenvalue weighted by Gasteiger charge is -2.30. The number of nitrogens with one attached hydrogen (secondary N) is 1. The van der Waals surface area contributed by atoms with Gasteiger partial charge in [0.1, 0.15) is 0 Å². The standard InChI is InChI=1S/C17H30N4O/c1-3-21-14(8-11-19-21)7-10-18-16-5-4-6-17(16)20-12-9-15(13-20)22-2/h8,11,15-18H,3-7,9-10,12-13H2,1-2H3/t15?,16-,17+/m1/s1. The first kappa shape index (κ1) is 16.0. The summed E-state index contributed by atoms with van der Waals surface area (Å²) in [5, 5.41) is 8.15. The van der Waals surface area contributed by atoms with Gasteiger partial charge in [-0.05, 0) is 32.3 Å². The molecule has 1 saturated heterocycles. The Morgan fingerprint density at radius 1 is 1.36 bits per heavy atom. The minimum absolute atomic E-state index is 0.445. The van der Waals surface area contributed by atoms with Crippen molar-refractivity contribution >= 4 is 0 Å². The molecule has 1 unspecified atom stereocenters. The molecular formula is C17H30N4O. The summed E-state index contributed by atoms with van der Waals surface area (Å²) in [6.45, 7) is 6.47. The lowest BCUT2D eigenvalue weighted by Crippen LogP contribution is -2.46. The van der Waals surface area contributed by atoms with E-state index in [2.05, 4.69) is 33.0 Å². The minimum atomic E-state index is 0.445. The maximum absolute atomic E-state index is 5.52. The van der Waals surface area contributed by atoms with Gasteiger partial charge in [0.05, 0.1) is 6.10 Å². The van der Waals surface area contributed by atoms with Crippen LogP contribution in [0.5, 0.6) is 0 Å². The average molecular weight is 306 g/mol. The van der Waals surface area contributed by atoms with E-state index in [1.54, 1.807) is 0 Å². The Morgan fingerprint density at radius 2 is 2.27 bits per heavy atom. The molecule has 2 aliphatic rings. The van der Waals surface area contributed by atoms with Crippen LogP contribution in [0.1, 0.15) is 38.3 Å². The number of aromatic nitrogens is 2. The largest absolute Gasteiger partial charge is 0.380 e. The van der Waals surface area contributed by atoms with Gasteiger partial charge in [-0.25, -0.2) is 0 Å². The van der Waals surface area contributed by atoms with Crippen LogP contribution in [-0.4, -0.2) is 59.6 Å². The second kappa shape index (κ2) is 7.57. The molecule has 124 valence electrons. The van der Waals surface area contributed by atoms with Gasteiger partial charge in [-0.1, -0.05) is 6.42 Å². The fourth-order valence-electron chi connectivity index (χ4n) is 4.11. The van der Waals surface area contributed by atoms with Crippen molar-refractivity contribution in [3.05, 3.63) is 18.0 Å². The highest BCUT2D eigenvalue weighted by atomic mass is 16.5. The zero-order valence-electron chi connectivity index (χ0n) is 14.0. The van der Waals surface area contributed by atoms with Crippen molar-refractivity contribution in [1.82, 2.24) is 20.0 Å². The zero-order valence-corrected chi connectivity index (χ0v) is 14.0. The highest BCUT2D eigenvalue weighted by molar-refractivity contribution is 5.01. The third-order valence-corrected chi connectivity index (χ3v) is 5.35. The number of aryl methyl sites for hydroxylation is 1.